The van der Waals surface area contributed by atoms with E-state index in [2.05, 4.69) is 40.5 Å². The van der Waals surface area contributed by atoms with Crippen LogP contribution in [0.15, 0.2) is 35.7 Å². The van der Waals surface area contributed by atoms with Crippen molar-refractivity contribution in [2.45, 2.75) is 31.8 Å². The molecule has 1 aliphatic heterocycles. The summed E-state index contributed by atoms with van der Waals surface area (Å²) in [6, 6.07) is 10.6. The molecule has 2 heterocycles. The number of carbonyl (C=O) groups excluding carboxylic acids is 1. The van der Waals surface area contributed by atoms with E-state index in [-0.39, 0.29) is 5.91 Å². The van der Waals surface area contributed by atoms with Gasteiger partial charge in [0.2, 0.25) is 0 Å². The zero-order valence-electron chi connectivity index (χ0n) is 14.4. The molecule has 0 bridgehead atoms. The summed E-state index contributed by atoms with van der Waals surface area (Å²) in [4.78, 5) is 15.8. The number of morpholine rings is 1. The molecule has 5 heteroatoms. The van der Waals surface area contributed by atoms with Gasteiger partial charge in [-0.1, -0.05) is 24.3 Å². The minimum absolute atomic E-state index is 0.0653. The Bertz CT molecular complexity index is 733. The molecule has 1 aliphatic carbocycles. The molecule has 1 aromatic heterocycles. The summed E-state index contributed by atoms with van der Waals surface area (Å²) >= 11 is 1.56. The molecular formula is C20H24N2O2S. The van der Waals surface area contributed by atoms with E-state index in [0.29, 0.717) is 12.5 Å². The number of nitrogens with zero attached hydrogens (tertiary/aromatic N) is 1. The van der Waals surface area contributed by atoms with Crippen molar-refractivity contribution >= 4 is 17.2 Å². The van der Waals surface area contributed by atoms with E-state index in [9.17, 15) is 4.79 Å². The lowest BCUT2D eigenvalue weighted by Crippen LogP contribution is -2.35. The highest BCUT2D eigenvalue weighted by Gasteiger charge is 2.28. The predicted octanol–water partition coefficient (Wildman–Crippen LogP) is 3.39. The molecule has 0 unspecified atom stereocenters. The van der Waals surface area contributed by atoms with Gasteiger partial charge >= 0.3 is 0 Å². The van der Waals surface area contributed by atoms with Crippen molar-refractivity contribution in [1.82, 2.24) is 10.2 Å². The van der Waals surface area contributed by atoms with Gasteiger partial charge in [0, 0.05) is 26.2 Å². The van der Waals surface area contributed by atoms with Crippen molar-refractivity contribution < 1.29 is 9.53 Å². The number of benzene rings is 1. The van der Waals surface area contributed by atoms with Gasteiger partial charge in [-0.15, -0.1) is 11.3 Å². The van der Waals surface area contributed by atoms with Crippen molar-refractivity contribution in [2.75, 3.05) is 26.3 Å². The molecule has 0 atom stereocenters. The number of rotatable bonds is 6. The Kier molecular flexibility index (Phi) is 5.15. The molecule has 2 aromatic rings. The van der Waals surface area contributed by atoms with Crippen LogP contribution in [-0.2, 0) is 17.8 Å². The summed E-state index contributed by atoms with van der Waals surface area (Å²) in [6.45, 7) is 5.14. The zero-order valence-corrected chi connectivity index (χ0v) is 15.2. The van der Waals surface area contributed by atoms with Crippen LogP contribution in [-0.4, -0.2) is 37.1 Å². The average Bonchev–Trinajstić information content (AvgIpc) is 3.37. The van der Waals surface area contributed by atoms with E-state index < -0.39 is 0 Å². The second kappa shape index (κ2) is 7.68. The third-order valence-corrected chi connectivity index (χ3v) is 5.80. The molecular weight excluding hydrogens is 332 g/mol. The fourth-order valence-corrected chi connectivity index (χ4v) is 4.24. The predicted molar refractivity (Wildman–Crippen MR) is 100 cm³/mol. The fourth-order valence-electron chi connectivity index (χ4n) is 3.34. The molecule has 4 rings (SSSR count). The zero-order chi connectivity index (χ0) is 17.1. The summed E-state index contributed by atoms with van der Waals surface area (Å²) in [6.07, 6.45) is 2.45. The number of carbonyl (C=O) groups is 1. The first kappa shape index (κ1) is 16.8. The molecule has 1 amide bonds. The van der Waals surface area contributed by atoms with Gasteiger partial charge in [0.1, 0.15) is 0 Å². The minimum atomic E-state index is 0.0653. The van der Waals surface area contributed by atoms with Crippen LogP contribution in [0.5, 0.6) is 0 Å². The summed E-state index contributed by atoms with van der Waals surface area (Å²) in [5.74, 6) is 0.680. The second-order valence-corrected chi connectivity index (χ2v) is 7.79. The maximum Gasteiger partial charge on any atom is 0.261 e. The third-order valence-electron chi connectivity index (χ3n) is 4.87. The number of hydrogen-bond donors (Lipinski definition) is 1. The highest BCUT2D eigenvalue weighted by Crippen LogP contribution is 2.43. The first-order valence-corrected chi connectivity index (χ1v) is 9.91. The Morgan fingerprint density at radius 1 is 1.20 bits per heavy atom. The van der Waals surface area contributed by atoms with E-state index >= 15 is 0 Å². The first-order valence-electron chi connectivity index (χ1n) is 9.03. The van der Waals surface area contributed by atoms with Crippen LogP contribution in [0, 0.1) is 0 Å². The Morgan fingerprint density at radius 2 is 2.00 bits per heavy atom. The fraction of sp³-hybridized carbons (Fsp3) is 0.450. The molecule has 1 saturated carbocycles. The topological polar surface area (TPSA) is 41.6 Å². The number of nitrogens with one attached hydrogen (secondary N) is 1. The van der Waals surface area contributed by atoms with E-state index in [1.54, 1.807) is 11.3 Å². The van der Waals surface area contributed by atoms with Crippen LogP contribution in [0.3, 0.4) is 0 Å². The second-order valence-electron chi connectivity index (χ2n) is 6.87. The number of ether oxygens (including phenoxy) is 1. The maximum atomic E-state index is 12.5. The summed E-state index contributed by atoms with van der Waals surface area (Å²) < 4.78 is 5.40. The van der Waals surface area contributed by atoms with Gasteiger partial charge < -0.3 is 10.1 Å². The average molecular weight is 356 g/mol. The summed E-state index contributed by atoms with van der Waals surface area (Å²) in [7, 11) is 0. The largest absolute Gasteiger partial charge is 0.379 e. The highest BCUT2D eigenvalue weighted by atomic mass is 32.1. The molecule has 2 aliphatic rings. The number of amides is 1. The Hall–Kier alpha value is -1.69. The van der Waals surface area contributed by atoms with Crippen molar-refractivity contribution in [3.63, 3.8) is 0 Å². The molecule has 1 saturated heterocycles. The van der Waals surface area contributed by atoms with Crippen molar-refractivity contribution in [1.29, 1.82) is 0 Å². The molecule has 132 valence electrons. The summed E-state index contributed by atoms with van der Waals surface area (Å²) in [5, 5.41) is 5.13. The van der Waals surface area contributed by atoms with Crippen molar-refractivity contribution in [3.05, 3.63) is 57.3 Å². The molecule has 2 fully saturated rings. The quantitative estimate of drug-likeness (QED) is 0.863. The Labute approximate surface area is 152 Å². The van der Waals surface area contributed by atoms with Gasteiger partial charge in [0.15, 0.2) is 0 Å². The SMILES string of the molecule is O=C(NCc1cccc(CN2CCOCC2)c1)c1sccc1C1CC1. The molecule has 1 N–H and O–H groups in total. The monoisotopic (exact) mass is 356 g/mol. The van der Waals surface area contributed by atoms with Crippen LogP contribution in [0.4, 0.5) is 0 Å². The molecule has 0 radical (unpaired) electrons. The van der Waals surface area contributed by atoms with E-state index in [1.165, 1.54) is 24.0 Å². The molecule has 4 nitrogen and oxygen atoms in total. The maximum absolute atomic E-state index is 12.5. The van der Waals surface area contributed by atoms with Crippen LogP contribution in [0.25, 0.3) is 0 Å². The van der Waals surface area contributed by atoms with Gasteiger partial charge in [-0.05, 0) is 46.9 Å². The number of thiophene rings is 1. The lowest BCUT2D eigenvalue weighted by molar-refractivity contribution is 0.0342. The normalized spacial score (nSPS) is 18.2. The van der Waals surface area contributed by atoms with Gasteiger partial charge in [0.05, 0.1) is 18.1 Å². The van der Waals surface area contributed by atoms with Gasteiger partial charge in [-0.3, -0.25) is 9.69 Å². The first-order chi connectivity index (χ1) is 12.3. The molecule has 1 aromatic carbocycles. The standard InChI is InChI=1S/C20H24N2O2S/c23-20(19-18(6-11-25-19)17-4-5-17)21-13-15-2-1-3-16(12-15)14-22-7-9-24-10-8-22/h1-3,6,11-12,17H,4-5,7-10,13-14H2,(H,21,23). The van der Waals surface area contributed by atoms with Crippen molar-refractivity contribution in [3.8, 4) is 0 Å². The Morgan fingerprint density at radius 3 is 2.80 bits per heavy atom. The Balaban J connectivity index is 1.35. The van der Waals surface area contributed by atoms with Crippen LogP contribution < -0.4 is 5.32 Å². The van der Waals surface area contributed by atoms with Gasteiger partial charge in [0.25, 0.3) is 5.91 Å². The van der Waals surface area contributed by atoms with E-state index in [4.69, 9.17) is 4.74 Å². The van der Waals surface area contributed by atoms with Crippen LogP contribution in [0.1, 0.15) is 45.1 Å². The van der Waals surface area contributed by atoms with Gasteiger partial charge in [-0.25, -0.2) is 0 Å². The van der Waals surface area contributed by atoms with Gasteiger partial charge in [-0.2, -0.15) is 0 Å². The minimum Gasteiger partial charge on any atom is -0.379 e. The van der Waals surface area contributed by atoms with E-state index in [1.807, 2.05) is 5.38 Å². The smallest absolute Gasteiger partial charge is 0.261 e. The van der Waals surface area contributed by atoms with E-state index in [0.717, 1.165) is 43.3 Å². The number of hydrogen-bond acceptors (Lipinski definition) is 4. The van der Waals surface area contributed by atoms with Crippen LogP contribution in [0.2, 0.25) is 0 Å². The molecule has 25 heavy (non-hydrogen) atoms. The highest BCUT2D eigenvalue weighted by molar-refractivity contribution is 7.12. The van der Waals surface area contributed by atoms with Crippen LogP contribution >= 0.6 is 11.3 Å². The lowest BCUT2D eigenvalue weighted by Gasteiger charge is -2.26. The molecule has 0 spiro atoms. The van der Waals surface area contributed by atoms with Crippen molar-refractivity contribution in [2.24, 2.45) is 0 Å². The lowest BCUT2D eigenvalue weighted by atomic mass is 10.1. The third kappa shape index (κ3) is 4.29. The summed E-state index contributed by atoms with van der Waals surface area (Å²) in [5.41, 5.74) is 3.69.